The molecule has 6 heteroatoms. The number of rotatable bonds is 3. The Morgan fingerprint density at radius 2 is 1.79 bits per heavy atom. The summed E-state index contributed by atoms with van der Waals surface area (Å²) in [5.74, 6) is 0.962. The lowest BCUT2D eigenvalue weighted by atomic mass is 10.2. The fourth-order valence-corrected chi connectivity index (χ4v) is 2.47. The summed E-state index contributed by atoms with van der Waals surface area (Å²) in [6.07, 6.45) is 1.47. The highest BCUT2D eigenvalue weighted by atomic mass is 16.5. The first-order valence-corrected chi connectivity index (χ1v) is 7.35. The summed E-state index contributed by atoms with van der Waals surface area (Å²) >= 11 is 0. The Morgan fingerprint density at radius 1 is 1.04 bits per heavy atom. The molecule has 2 aromatic carbocycles. The van der Waals surface area contributed by atoms with E-state index in [-0.39, 0.29) is 5.89 Å². The van der Waals surface area contributed by atoms with Gasteiger partial charge in [-0.1, -0.05) is 18.2 Å². The topological polar surface area (TPSA) is 70.2 Å². The fraction of sp³-hybridized carbons (Fsp3) is 0.0556. The zero-order valence-corrected chi connectivity index (χ0v) is 12.8. The maximum atomic E-state index is 12.3. The molecule has 2 heterocycles. The van der Waals surface area contributed by atoms with Crippen molar-refractivity contribution in [3.05, 3.63) is 71.2 Å². The summed E-state index contributed by atoms with van der Waals surface area (Å²) in [5, 5.41) is 4.61. The minimum atomic E-state index is -0.465. The number of hydrogen-bond acceptors (Lipinski definition) is 5. The van der Waals surface area contributed by atoms with Gasteiger partial charge in [-0.15, -0.1) is 0 Å². The first kappa shape index (κ1) is 14.2. The third-order valence-corrected chi connectivity index (χ3v) is 3.70. The number of fused-ring (bicyclic) bond motifs is 1. The van der Waals surface area contributed by atoms with E-state index in [9.17, 15) is 4.79 Å². The number of ether oxygens (including phenoxy) is 1. The lowest BCUT2D eigenvalue weighted by molar-refractivity contribution is 0.415. The van der Waals surface area contributed by atoms with E-state index in [1.807, 2.05) is 30.3 Å². The van der Waals surface area contributed by atoms with Crippen LogP contribution in [0.2, 0.25) is 0 Å². The molecule has 4 aromatic rings. The van der Waals surface area contributed by atoms with E-state index in [0.717, 1.165) is 11.4 Å². The minimum absolute atomic E-state index is 0.243. The van der Waals surface area contributed by atoms with Crippen molar-refractivity contribution < 1.29 is 9.15 Å². The molecule has 0 radical (unpaired) electrons. The van der Waals surface area contributed by atoms with Gasteiger partial charge in [-0.2, -0.15) is 10.1 Å². The second-order valence-electron chi connectivity index (χ2n) is 5.16. The standard InChI is InChI=1S/C18H13N3O3/c1-23-14-9-7-12(8-10-14)17-20-16-15(18(22)24-17)11-19-21(16)13-5-3-2-4-6-13/h2-11H,1H3. The van der Waals surface area contributed by atoms with Gasteiger partial charge in [0.2, 0.25) is 5.89 Å². The second-order valence-corrected chi connectivity index (χ2v) is 5.16. The van der Waals surface area contributed by atoms with Crippen molar-refractivity contribution in [2.75, 3.05) is 7.11 Å². The van der Waals surface area contributed by atoms with Crippen molar-refractivity contribution in [2.45, 2.75) is 0 Å². The number of hydrogen-bond donors (Lipinski definition) is 0. The van der Waals surface area contributed by atoms with Gasteiger partial charge in [0, 0.05) is 5.56 Å². The smallest absolute Gasteiger partial charge is 0.350 e. The Hall–Kier alpha value is -3.41. The lowest BCUT2D eigenvalue weighted by Crippen LogP contribution is -2.04. The molecule has 0 aliphatic heterocycles. The molecule has 0 N–H and O–H groups in total. The fourth-order valence-electron chi connectivity index (χ4n) is 2.47. The highest BCUT2D eigenvalue weighted by molar-refractivity contribution is 5.76. The van der Waals surface area contributed by atoms with Crippen molar-refractivity contribution >= 4 is 11.0 Å². The van der Waals surface area contributed by atoms with Crippen molar-refractivity contribution in [2.24, 2.45) is 0 Å². The van der Waals surface area contributed by atoms with Crippen LogP contribution in [0.1, 0.15) is 0 Å². The number of aromatic nitrogens is 3. The summed E-state index contributed by atoms with van der Waals surface area (Å²) < 4.78 is 12.1. The highest BCUT2D eigenvalue weighted by Gasteiger charge is 2.14. The normalized spacial score (nSPS) is 10.9. The van der Waals surface area contributed by atoms with E-state index in [1.54, 1.807) is 36.1 Å². The molecule has 0 saturated carbocycles. The summed E-state index contributed by atoms with van der Waals surface area (Å²) in [6, 6.07) is 16.7. The Bertz CT molecular complexity index is 1050. The van der Waals surface area contributed by atoms with Crippen LogP contribution in [0.15, 0.2) is 70.0 Å². The Balaban J connectivity index is 1.90. The maximum absolute atomic E-state index is 12.3. The van der Waals surface area contributed by atoms with Gasteiger partial charge in [0.05, 0.1) is 19.0 Å². The first-order chi connectivity index (χ1) is 11.8. The van der Waals surface area contributed by atoms with Gasteiger partial charge in [0.25, 0.3) is 0 Å². The molecule has 0 aliphatic carbocycles. The third-order valence-electron chi connectivity index (χ3n) is 3.70. The highest BCUT2D eigenvalue weighted by Crippen LogP contribution is 2.22. The van der Waals surface area contributed by atoms with Crippen LogP contribution in [0.4, 0.5) is 0 Å². The molecule has 0 unspecified atom stereocenters. The van der Waals surface area contributed by atoms with Crippen LogP contribution in [0, 0.1) is 0 Å². The summed E-state index contributed by atoms with van der Waals surface area (Å²) in [4.78, 5) is 16.7. The molecule has 2 aromatic heterocycles. The van der Waals surface area contributed by atoms with Crippen LogP contribution < -0.4 is 10.4 Å². The molecular weight excluding hydrogens is 306 g/mol. The molecule has 0 spiro atoms. The van der Waals surface area contributed by atoms with Crippen LogP contribution in [-0.4, -0.2) is 21.9 Å². The zero-order valence-electron chi connectivity index (χ0n) is 12.8. The third kappa shape index (κ3) is 2.34. The van der Waals surface area contributed by atoms with Gasteiger partial charge in [-0.05, 0) is 36.4 Å². The van der Waals surface area contributed by atoms with Crippen LogP contribution in [-0.2, 0) is 0 Å². The molecule has 0 amide bonds. The molecule has 24 heavy (non-hydrogen) atoms. The predicted molar refractivity (Wildman–Crippen MR) is 89.4 cm³/mol. The maximum Gasteiger partial charge on any atom is 0.350 e. The van der Waals surface area contributed by atoms with Gasteiger partial charge < -0.3 is 9.15 Å². The van der Waals surface area contributed by atoms with Gasteiger partial charge in [0.15, 0.2) is 5.65 Å². The largest absolute Gasteiger partial charge is 0.497 e. The van der Waals surface area contributed by atoms with Gasteiger partial charge >= 0.3 is 5.63 Å². The number of nitrogens with zero attached hydrogens (tertiary/aromatic N) is 3. The molecule has 0 atom stereocenters. The molecule has 0 fully saturated rings. The average molecular weight is 319 g/mol. The van der Waals surface area contributed by atoms with E-state index >= 15 is 0 Å². The quantitative estimate of drug-likeness (QED) is 0.580. The van der Waals surface area contributed by atoms with Crippen LogP contribution in [0.25, 0.3) is 28.2 Å². The first-order valence-electron chi connectivity index (χ1n) is 7.35. The number of benzene rings is 2. The summed E-state index contributed by atoms with van der Waals surface area (Å²) in [6.45, 7) is 0. The van der Waals surface area contributed by atoms with E-state index in [0.29, 0.717) is 16.6 Å². The Kier molecular flexibility index (Phi) is 3.35. The average Bonchev–Trinajstić information content (AvgIpc) is 3.07. The van der Waals surface area contributed by atoms with E-state index in [4.69, 9.17) is 9.15 Å². The summed E-state index contributed by atoms with van der Waals surface area (Å²) in [7, 11) is 1.60. The van der Waals surface area contributed by atoms with Crippen LogP contribution in [0.5, 0.6) is 5.75 Å². The monoisotopic (exact) mass is 319 g/mol. The van der Waals surface area contributed by atoms with E-state index in [2.05, 4.69) is 10.1 Å². The van der Waals surface area contributed by atoms with Crippen LogP contribution in [0.3, 0.4) is 0 Å². The molecule has 0 aliphatic rings. The molecule has 0 bridgehead atoms. The van der Waals surface area contributed by atoms with E-state index < -0.39 is 5.63 Å². The van der Waals surface area contributed by atoms with E-state index in [1.165, 1.54) is 6.20 Å². The zero-order chi connectivity index (χ0) is 16.5. The predicted octanol–water partition coefficient (Wildman–Crippen LogP) is 3.05. The SMILES string of the molecule is COc1ccc(-c2nc3c(cnn3-c3ccccc3)c(=O)o2)cc1. The lowest BCUT2D eigenvalue weighted by Gasteiger charge is -2.04. The minimum Gasteiger partial charge on any atom is -0.497 e. The molecule has 6 nitrogen and oxygen atoms in total. The van der Waals surface area contributed by atoms with Crippen molar-refractivity contribution in [1.82, 2.24) is 14.8 Å². The molecule has 0 saturated heterocycles. The second kappa shape index (κ2) is 5.66. The number of para-hydroxylation sites is 1. The Labute approximate surface area is 136 Å². The Morgan fingerprint density at radius 3 is 2.50 bits per heavy atom. The van der Waals surface area contributed by atoms with Crippen LogP contribution >= 0.6 is 0 Å². The van der Waals surface area contributed by atoms with Gasteiger partial charge in [-0.3, -0.25) is 0 Å². The van der Waals surface area contributed by atoms with Gasteiger partial charge in [-0.25, -0.2) is 9.48 Å². The molecule has 4 rings (SSSR count). The summed E-state index contributed by atoms with van der Waals surface area (Å²) in [5.41, 5.74) is 1.51. The van der Waals surface area contributed by atoms with Gasteiger partial charge in [0.1, 0.15) is 11.1 Å². The van der Waals surface area contributed by atoms with Crippen molar-refractivity contribution in [3.8, 4) is 22.9 Å². The molecule has 118 valence electrons. The van der Waals surface area contributed by atoms with Crippen molar-refractivity contribution in [3.63, 3.8) is 0 Å². The van der Waals surface area contributed by atoms with Crippen molar-refractivity contribution in [1.29, 1.82) is 0 Å². The molecular formula is C18H13N3O3. The number of methoxy groups -OCH3 is 1.